The third kappa shape index (κ3) is 4.00. The van der Waals surface area contributed by atoms with Crippen molar-refractivity contribution in [3.63, 3.8) is 0 Å². The smallest absolute Gasteiger partial charge is 0.329 e. The Morgan fingerprint density at radius 3 is 2.66 bits per heavy atom. The minimum absolute atomic E-state index is 0.110. The molecule has 0 saturated carbocycles. The van der Waals surface area contributed by atoms with Crippen LogP contribution in [0.25, 0.3) is 6.08 Å². The molecule has 2 aromatic carbocycles. The Kier molecular flexibility index (Phi) is 5.44. The van der Waals surface area contributed by atoms with Gasteiger partial charge in [0, 0.05) is 11.6 Å². The molecule has 3 amide bonds. The number of nitro groups is 1. The standard InChI is InChI=1S/C19H16FN3O6/c1-2-29-16-9-13(23(27)28)7-12(17(16)24)8-15-18(25)22(19(26)21-15)10-11-5-3-4-6-14(11)20/h3-9,24H,2,10H2,1H3,(H,21,26)/p-1/b15-8+. The normalized spacial score (nSPS) is 15.0. The van der Waals surface area contributed by atoms with Gasteiger partial charge in [0.05, 0.1) is 24.1 Å². The Bertz CT molecular complexity index is 1040. The van der Waals surface area contributed by atoms with E-state index in [-0.39, 0.29) is 35.7 Å². The molecule has 1 saturated heterocycles. The molecule has 3 rings (SSSR count). The third-order valence-electron chi connectivity index (χ3n) is 4.13. The van der Waals surface area contributed by atoms with Crippen LogP contribution in [0.4, 0.5) is 14.9 Å². The van der Waals surface area contributed by atoms with Crippen molar-refractivity contribution in [3.05, 3.63) is 69.2 Å². The maximum absolute atomic E-state index is 13.8. The molecule has 29 heavy (non-hydrogen) atoms. The van der Waals surface area contributed by atoms with Gasteiger partial charge in [-0.05, 0) is 24.6 Å². The van der Waals surface area contributed by atoms with Gasteiger partial charge < -0.3 is 15.2 Å². The van der Waals surface area contributed by atoms with E-state index in [0.29, 0.717) is 0 Å². The van der Waals surface area contributed by atoms with Crippen LogP contribution < -0.4 is 15.2 Å². The molecule has 1 fully saturated rings. The minimum atomic E-state index is -0.799. The molecular weight excluding hydrogens is 385 g/mol. The Labute approximate surface area is 164 Å². The highest BCUT2D eigenvalue weighted by molar-refractivity contribution is 6.14. The number of hydrogen-bond acceptors (Lipinski definition) is 6. The van der Waals surface area contributed by atoms with E-state index in [0.717, 1.165) is 23.1 Å². The molecule has 0 spiro atoms. The fourth-order valence-corrected chi connectivity index (χ4v) is 2.75. The molecule has 0 aromatic heterocycles. The predicted molar refractivity (Wildman–Crippen MR) is 97.2 cm³/mol. The number of halogens is 1. The van der Waals surface area contributed by atoms with E-state index in [4.69, 9.17) is 4.74 Å². The van der Waals surface area contributed by atoms with Gasteiger partial charge in [-0.3, -0.25) is 19.8 Å². The number of nitrogens with zero attached hydrogens (tertiary/aromatic N) is 2. The zero-order valence-corrected chi connectivity index (χ0v) is 15.2. The number of amides is 3. The van der Waals surface area contributed by atoms with E-state index in [9.17, 15) is 29.2 Å². The number of imide groups is 1. The summed E-state index contributed by atoms with van der Waals surface area (Å²) in [6, 6.07) is 6.85. The molecule has 0 aliphatic carbocycles. The quantitative estimate of drug-likeness (QED) is 0.343. The SMILES string of the molecule is CCOc1cc([N+](=O)[O-])cc(/C=C2/NC(=O)N(Cc3ccccc3F)C2=O)c1[O-]. The van der Waals surface area contributed by atoms with Crippen LogP contribution in [0.2, 0.25) is 0 Å². The summed E-state index contributed by atoms with van der Waals surface area (Å²) in [5, 5.41) is 25.9. The van der Waals surface area contributed by atoms with Gasteiger partial charge in [0.2, 0.25) is 0 Å². The van der Waals surface area contributed by atoms with E-state index in [2.05, 4.69) is 5.32 Å². The molecule has 0 bridgehead atoms. The number of nitrogens with one attached hydrogen (secondary N) is 1. The second-order valence-corrected chi connectivity index (χ2v) is 6.02. The molecule has 0 unspecified atom stereocenters. The fourth-order valence-electron chi connectivity index (χ4n) is 2.75. The average Bonchev–Trinajstić information content (AvgIpc) is 2.94. The first-order valence-electron chi connectivity index (χ1n) is 8.52. The van der Waals surface area contributed by atoms with Gasteiger partial charge >= 0.3 is 6.03 Å². The zero-order chi connectivity index (χ0) is 21.1. The summed E-state index contributed by atoms with van der Waals surface area (Å²) in [6.45, 7) is 1.41. The Morgan fingerprint density at radius 2 is 2.00 bits per heavy atom. The predicted octanol–water partition coefficient (Wildman–Crippen LogP) is 2.30. The maximum Gasteiger partial charge on any atom is 0.329 e. The topological polar surface area (TPSA) is 125 Å². The first-order chi connectivity index (χ1) is 13.8. The first kappa shape index (κ1) is 19.8. The molecule has 2 aromatic rings. The number of non-ortho nitro benzene ring substituents is 1. The van der Waals surface area contributed by atoms with Crippen molar-refractivity contribution in [2.75, 3.05) is 6.61 Å². The fraction of sp³-hybridized carbons (Fsp3) is 0.158. The number of nitro benzene ring substituents is 1. The summed E-state index contributed by atoms with van der Waals surface area (Å²) in [5.74, 6) is -2.28. The maximum atomic E-state index is 13.8. The average molecular weight is 400 g/mol. The highest BCUT2D eigenvalue weighted by atomic mass is 19.1. The monoisotopic (exact) mass is 400 g/mol. The van der Waals surface area contributed by atoms with Crippen molar-refractivity contribution in [3.8, 4) is 11.5 Å². The summed E-state index contributed by atoms with van der Waals surface area (Å²) >= 11 is 0. The van der Waals surface area contributed by atoms with Crippen molar-refractivity contribution < 1.29 is 28.7 Å². The van der Waals surface area contributed by atoms with Crippen LogP contribution in [-0.2, 0) is 11.3 Å². The first-order valence-corrected chi connectivity index (χ1v) is 8.52. The zero-order valence-electron chi connectivity index (χ0n) is 15.2. The lowest BCUT2D eigenvalue weighted by molar-refractivity contribution is -0.385. The molecular formula is C19H15FN3O6-. The van der Waals surface area contributed by atoms with E-state index in [1.54, 1.807) is 13.0 Å². The summed E-state index contributed by atoms with van der Waals surface area (Å²) in [5.41, 5.74) is -0.721. The van der Waals surface area contributed by atoms with Crippen molar-refractivity contribution in [1.29, 1.82) is 0 Å². The number of hydrogen-bond donors (Lipinski definition) is 1. The van der Waals surface area contributed by atoms with E-state index in [1.165, 1.54) is 18.2 Å². The molecule has 1 aliphatic rings. The second-order valence-electron chi connectivity index (χ2n) is 6.02. The molecule has 1 aliphatic heterocycles. The number of urea groups is 1. The van der Waals surface area contributed by atoms with Crippen molar-refractivity contribution in [2.24, 2.45) is 0 Å². The lowest BCUT2D eigenvalue weighted by Crippen LogP contribution is -2.30. The van der Waals surface area contributed by atoms with Gasteiger partial charge in [-0.1, -0.05) is 23.9 Å². The van der Waals surface area contributed by atoms with Crippen LogP contribution in [0.3, 0.4) is 0 Å². The molecule has 150 valence electrons. The molecule has 0 radical (unpaired) electrons. The highest BCUT2D eigenvalue weighted by Gasteiger charge is 2.34. The van der Waals surface area contributed by atoms with Gasteiger partial charge in [-0.25, -0.2) is 9.18 Å². The van der Waals surface area contributed by atoms with Crippen molar-refractivity contribution in [2.45, 2.75) is 13.5 Å². The van der Waals surface area contributed by atoms with Gasteiger partial charge in [0.15, 0.2) is 0 Å². The highest BCUT2D eigenvalue weighted by Crippen LogP contribution is 2.34. The minimum Gasteiger partial charge on any atom is -0.870 e. The van der Waals surface area contributed by atoms with Gasteiger partial charge in [-0.15, -0.1) is 0 Å². The van der Waals surface area contributed by atoms with Gasteiger partial charge in [0.25, 0.3) is 11.6 Å². The number of benzene rings is 2. The number of carbonyl (C=O) groups excluding carboxylic acids is 2. The third-order valence-corrected chi connectivity index (χ3v) is 4.13. The summed E-state index contributed by atoms with van der Waals surface area (Å²) < 4.78 is 19.0. The van der Waals surface area contributed by atoms with E-state index in [1.807, 2.05) is 0 Å². The van der Waals surface area contributed by atoms with Crippen LogP contribution in [-0.4, -0.2) is 28.4 Å². The second kappa shape index (κ2) is 7.97. The number of ether oxygens (including phenoxy) is 1. The van der Waals surface area contributed by atoms with E-state index < -0.39 is 34.1 Å². The van der Waals surface area contributed by atoms with E-state index >= 15 is 0 Å². The lowest BCUT2D eigenvalue weighted by Gasteiger charge is -2.17. The van der Waals surface area contributed by atoms with Gasteiger partial charge in [-0.2, -0.15) is 0 Å². The Morgan fingerprint density at radius 1 is 1.28 bits per heavy atom. The van der Waals surface area contributed by atoms with Crippen LogP contribution in [0.15, 0.2) is 42.1 Å². The van der Waals surface area contributed by atoms with Crippen molar-refractivity contribution in [1.82, 2.24) is 10.2 Å². The largest absolute Gasteiger partial charge is 0.870 e. The van der Waals surface area contributed by atoms with Crippen LogP contribution in [0, 0.1) is 15.9 Å². The summed E-state index contributed by atoms with van der Waals surface area (Å²) in [6.07, 6.45) is 1.04. The Hall–Kier alpha value is -3.95. The Balaban J connectivity index is 1.95. The molecule has 0 atom stereocenters. The lowest BCUT2D eigenvalue weighted by atomic mass is 10.1. The summed E-state index contributed by atoms with van der Waals surface area (Å²) in [4.78, 5) is 35.9. The van der Waals surface area contributed by atoms with Crippen LogP contribution >= 0.6 is 0 Å². The van der Waals surface area contributed by atoms with Gasteiger partial charge in [0.1, 0.15) is 17.3 Å². The van der Waals surface area contributed by atoms with Crippen LogP contribution in [0.1, 0.15) is 18.1 Å². The molecule has 10 heteroatoms. The summed E-state index contributed by atoms with van der Waals surface area (Å²) in [7, 11) is 0. The number of rotatable bonds is 6. The molecule has 9 nitrogen and oxygen atoms in total. The van der Waals surface area contributed by atoms with Crippen LogP contribution in [0.5, 0.6) is 11.5 Å². The number of carbonyl (C=O) groups is 2. The molecule has 1 heterocycles. The van der Waals surface area contributed by atoms with Crippen molar-refractivity contribution >= 4 is 23.7 Å². The molecule has 1 N–H and O–H groups in total.